The van der Waals surface area contributed by atoms with Crippen molar-refractivity contribution in [3.8, 4) is 0 Å². The minimum atomic E-state index is -0.822. The van der Waals surface area contributed by atoms with Gasteiger partial charge in [0, 0.05) is 12.6 Å². The number of amides is 1. The third kappa shape index (κ3) is 6.75. The number of nitrogens with one attached hydrogen (secondary N) is 1. The molecule has 0 bridgehead atoms. The molecule has 1 saturated carbocycles. The molecule has 6 nitrogen and oxygen atoms in total. The second-order valence-electron chi connectivity index (χ2n) is 5.76. The standard InChI is InChI=1S/C16H29NO5/c1-3-21-10-11-22-12(2)15(18)17-14-9-7-5-4-6-8-13(14)16(19)20/h12-14H,3-11H2,1-2H3,(H,17,18)(H,19,20). The first-order valence-electron chi connectivity index (χ1n) is 8.28. The number of carboxylic acids is 1. The van der Waals surface area contributed by atoms with Crippen molar-refractivity contribution in [2.45, 2.75) is 64.5 Å². The lowest BCUT2D eigenvalue weighted by Crippen LogP contribution is -2.47. The van der Waals surface area contributed by atoms with Crippen LogP contribution in [-0.4, -0.2) is 48.9 Å². The van der Waals surface area contributed by atoms with E-state index in [1.807, 2.05) is 6.92 Å². The van der Waals surface area contributed by atoms with Crippen LogP contribution >= 0.6 is 0 Å². The molecular weight excluding hydrogens is 286 g/mol. The summed E-state index contributed by atoms with van der Waals surface area (Å²) in [7, 11) is 0. The van der Waals surface area contributed by atoms with Crippen molar-refractivity contribution >= 4 is 11.9 Å². The number of carboxylic acid groups (broad SMARTS) is 1. The summed E-state index contributed by atoms with van der Waals surface area (Å²) in [5.74, 6) is -1.56. The van der Waals surface area contributed by atoms with Gasteiger partial charge in [0.1, 0.15) is 6.10 Å². The van der Waals surface area contributed by atoms with Crippen molar-refractivity contribution in [1.29, 1.82) is 0 Å². The first-order chi connectivity index (χ1) is 10.6. The van der Waals surface area contributed by atoms with E-state index in [0.717, 1.165) is 25.7 Å². The number of carbonyl (C=O) groups excluding carboxylic acids is 1. The van der Waals surface area contributed by atoms with Gasteiger partial charge in [-0.05, 0) is 26.7 Å². The van der Waals surface area contributed by atoms with Crippen LogP contribution in [0.3, 0.4) is 0 Å². The summed E-state index contributed by atoms with van der Waals surface area (Å²) in [5, 5.41) is 12.3. The summed E-state index contributed by atoms with van der Waals surface area (Å²) >= 11 is 0. The van der Waals surface area contributed by atoms with Gasteiger partial charge in [0.15, 0.2) is 0 Å². The van der Waals surface area contributed by atoms with Crippen LogP contribution < -0.4 is 5.32 Å². The number of hydrogen-bond donors (Lipinski definition) is 2. The van der Waals surface area contributed by atoms with Crippen LogP contribution in [0.5, 0.6) is 0 Å². The Balaban J connectivity index is 2.48. The fourth-order valence-corrected chi connectivity index (χ4v) is 2.76. The molecule has 1 fully saturated rings. The maximum absolute atomic E-state index is 12.2. The number of carbonyl (C=O) groups is 2. The van der Waals surface area contributed by atoms with Gasteiger partial charge in [-0.1, -0.05) is 25.7 Å². The zero-order valence-electron chi connectivity index (χ0n) is 13.7. The van der Waals surface area contributed by atoms with Gasteiger partial charge in [0.25, 0.3) is 0 Å². The van der Waals surface area contributed by atoms with Gasteiger partial charge in [-0.25, -0.2) is 0 Å². The topological polar surface area (TPSA) is 84.9 Å². The number of rotatable bonds is 8. The second kappa shape index (κ2) is 10.6. The Hall–Kier alpha value is -1.14. The monoisotopic (exact) mass is 315 g/mol. The van der Waals surface area contributed by atoms with Crippen molar-refractivity contribution in [3.05, 3.63) is 0 Å². The molecule has 1 rings (SSSR count). The molecule has 0 aromatic heterocycles. The Morgan fingerprint density at radius 3 is 2.50 bits per heavy atom. The maximum atomic E-state index is 12.2. The van der Waals surface area contributed by atoms with Crippen LogP contribution in [0.4, 0.5) is 0 Å². The van der Waals surface area contributed by atoms with Crippen molar-refractivity contribution in [1.82, 2.24) is 5.32 Å². The van der Waals surface area contributed by atoms with Crippen LogP contribution in [0, 0.1) is 5.92 Å². The predicted octanol–water partition coefficient (Wildman–Crippen LogP) is 1.97. The number of aliphatic carboxylic acids is 1. The molecule has 1 aliphatic carbocycles. The van der Waals surface area contributed by atoms with Crippen molar-refractivity contribution in [3.63, 3.8) is 0 Å². The maximum Gasteiger partial charge on any atom is 0.308 e. The summed E-state index contributed by atoms with van der Waals surface area (Å²) in [6, 6.07) is -0.303. The lowest BCUT2D eigenvalue weighted by molar-refractivity contribution is -0.144. The summed E-state index contributed by atoms with van der Waals surface area (Å²) in [4.78, 5) is 23.6. The Labute approximate surface area is 132 Å². The highest BCUT2D eigenvalue weighted by Crippen LogP contribution is 2.23. The van der Waals surface area contributed by atoms with Crippen LogP contribution in [-0.2, 0) is 19.1 Å². The average molecular weight is 315 g/mol. The van der Waals surface area contributed by atoms with Gasteiger partial charge in [-0.2, -0.15) is 0 Å². The van der Waals surface area contributed by atoms with E-state index in [4.69, 9.17) is 9.47 Å². The molecule has 0 aromatic rings. The Morgan fingerprint density at radius 2 is 1.86 bits per heavy atom. The van der Waals surface area contributed by atoms with Crippen LogP contribution in [0.1, 0.15) is 52.4 Å². The predicted molar refractivity (Wildman–Crippen MR) is 82.7 cm³/mol. The molecule has 0 saturated heterocycles. The molecule has 3 unspecified atom stereocenters. The lowest BCUT2D eigenvalue weighted by atomic mass is 9.86. The fraction of sp³-hybridized carbons (Fsp3) is 0.875. The normalized spacial score (nSPS) is 24.1. The van der Waals surface area contributed by atoms with Crippen LogP contribution in [0.25, 0.3) is 0 Å². The molecule has 128 valence electrons. The van der Waals surface area contributed by atoms with Crippen LogP contribution in [0.15, 0.2) is 0 Å². The minimum Gasteiger partial charge on any atom is -0.481 e. The third-order valence-electron chi connectivity index (χ3n) is 4.08. The molecule has 0 aliphatic heterocycles. The molecule has 0 heterocycles. The molecular formula is C16H29NO5. The summed E-state index contributed by atoms with van der Waals surface area (Å²) in [6.07, 6.45) is 4.77. The SMILES string of the molecule is CCOCCOC(C)C(=O)NC1CCCCCCC1C(=O)O. The highest BCUT2D eigenvalue weighted by atomic mass is 16.5. The highest BCUT2D eigenvalue weighted by molar-refractivity contribution is 5.81. The van der Waals surface area contributed by atoms with E-state index in [1.165, 1.54) is 0 Å². The molecule has 22 heavy (non-hydrogen) atoms. The van der Waals surface area contributed by atoms with E-state index in [2.05, 4.69) is 5.32 Å². The second-order valence-corrected chi connectivity index (χ2v) is 5.76. The van der Waals surface area contributed by atoms with E-state index in [-0.39, 0.29) is 11.9 Å². The Kier molecular flexibility index (Phi) is 9.08. The van der Waals surface area contributed by atoms with Gasteiger partial charge < -0.3 is 19.9 Å². The molecule has 3 atom stereocenters. The van der Waals surface area contributed by atoms with E-state index in [0.29, 0.717) is 32.7 Å². The highest BCUT2D eigenvalue weighted by Gasteiger charge is 2.30. The van der Waals surface area contributed by atoms with Gasteiger partial charge in [-0.15, -0.1) is 0 Å². The summed E-state index contributed by atoms with van der Waals surface area (Å²) in [5.41, 5.74) is 0. The van der Waals surface area contributed by atoms with Crippen molar-refractivity contribution in [2.24, 2.45) is 5.92 Å². The molecule has 1 aliphatic rings. The quantitative estimate of drug-likeness (QED) is 0.669. The van der Waals surface area contributed by atoms with E-state index in [1.54, 1.807) is 6.92 Å². The zero-order chi connectivity index (χ0) is 16.4. The molecule has 0 spiro atoms. The first-order valence-corrected chi connectivity index (χ1v) is 8.28. The molecule has 1 amide bonds. The van der Waals surface area contributed by atoms with Gasteiger partial charge >= 0.3 is 5.97 Å². The third-order valence-corrected chi connectivity index (χ3v) is 4.08. The number of hydrogen-bond acceptors (Lipinski definition) is 4. The van der Waals surface area contributed by atoms with Gasteiger partial charge in [0.05, 0.1) is 19.1 Å². The zero-order valence-corrected chi connectivity index (χ0v) is 13.7. The van der Waals surface area contributed by atoms with Crippen molar-refractivity contribution in [2.75, 3.05) is 19.8 Å². The largest absolute Gasteiger partial charge is 0.481 e. The fourth-order valence-electron chi connectivity index (χ4n) is 2.76. The van der Waals surface area contributed by atoms with Gasteiger partial charge in [0.2, 0.25) is 5.91 Å². The van der Waals surface area contributed by atoms with Gasteiger partial charge in [-0.3, -0.25) is 9.59 Å². The van der Waals surface area contributed by atoms with E-state index < -0.39 is 18.0 Å². The van der Waals surface area contributed by atoms with Crippen LogP contribution in [0.2, 0.25) is 0 Å². The average Bonchev–Trinajstić information content (AvgIpc) is 2.45. The summed E-state index contributed by atoms with van der Waals surface area (Å²) in [6.45, 7) is 5.01. The molecule has 6 heteroatoms. The number of ether oxygens (including phenoxy) is 2. The van der Waals surface area contributed by atoms with E-state index in [9.17, 15) is 14.7 Å². The van der Waals surface area contributed by atoms with Crippen molar-refractivity contribution < 1.29 is 24.2 Å². The lowest BCUT2D eigenvalue weighted by Gasteiger charge is -2.28. The first kappa shape index (κ1) is 18.9. The molecule has 0 radical (unpaired) electrons. The van der Waals surface area contributed by atoms with E-state index >= 15 is 0 Å². The Bertz CT molecular complexity index is 347. The smallest absolute Gasteiger partial charge is 0.308 e. The minimum absolute atomic E-state index is 0.242. The molecule has 0 aromatic carbocycles. The summed E-state index contributed by atoms with van der Waals surface area (Å²) < 4.78 is 10.6. The Morgan fingerprint density at radius 1 is 1.18 bits per heavy atom. The molecule has 2 N–H and O–H groups in total.